The summed E-state index contributed by atoms with van der Waals surface area (Å²) >= 11 is 0. The van der Waals surface area contributed by atoms with E-state index in [1.807, 2.05) is 11.0 Å². The van der Waals surface area contributed by atoms with E-state index in [1.54, 1.807) is 25.3 Å². The molecule has 1 N–H and O–H groups in total. The van der Waals surface area contributed by atoms with Crippen LogP contribution in [0.15, 0.2) is 53.1 Å². The molecule has 2 aromatic carbocycles. The Hall–Kier alpha value is -3.57. The molecule has 11 heteroatoms. The predicted octanol–water partition coefficient (Wildman–Crippen LogP) is 4.82. The summed E-state index contributed by atoms with van der Waals surface area (Å²) < 4.78 is 61.7. The molecule has 38 heavy (non-hydrogen) atoms. The van der Waals surface area contributed by atoms with Gasteiger partial charge in [-0.15, -0.1) is 0 Å². The highest BCUT2D eigenvalue weighted by Crippen LogP contribution is 2.31. The van der Waals surface area contributed by atoms with E-state index in [-0.39, 0.29) is 36.7 Å². The summed E-state index contributed by atoms with van der Waals surface area (Å²) in [6.45, 7) is 1.70. The Kier molecular flexibility index (Phi) is 8.90. The Bertz CT molecular complexity index is 1220. The number of benzene rings is 2. The van der Waals surface area contributed by atoms with Crippen LogP contribution in [0.5, 0.6) is 11.5 Å². The molecular weight excluding hydrogens is 503 g/mol. The molecule has 1 fully saturated rings. The summed E-state index contributed by atoms with van der Waals surface area (Å²) in [5.74, 6) is 1.06. The second kappa shape index (κ2) is 12.3. The lowest BCUT2D eigenvalue weighted by Gasteiger charge is -2.23. The monoisotopic (exact) mass is 533 g/mol. The van der Waals surface area contributed by atoms with E-state index in [4.69, 9.17) is 18.6 Å². The fraction of sp³-hybridized carbons (Fsp3) is 0.407. The van der Waals surface area contributed by atoms with Gasteiger partial charge in [0.25, 0.3) is 5.91 Å². The Morgan fingerprint density at radius 3 is 2.68 bits per heavy atom. The number of carbonyl (C=O) groups is 1. The summed E-state index contributed by atoms with van der Waals surface area (Å²) in [6, 6.07) is 10.5. The molecule has 0 saturated carbocycles. The molecule has 4 rings (SSSR count). The Balaban J connectivity index is 1.52. The molecule has 1 unspecified atom stereocenters. The average molecular weight is 534 g/mol. The molecule has 8 nitrogen and oxygen atoms in total. The minimum absolute atomic E-state index is 0.00671. The molecule has 0 aliphatic carbocycles. The highest BCUT2D eigenvalue weighted by atomic mass is 19.4. The molecule has 1 aliphatic rings. The van der Waals surface area contributed by atoms with Crippen LogP contribution in [0.4, 0.5) is 13.2 Å². The molecule has 2 heterocycles. The standard InChI is InChI=1S/C27H30F3N3O5/c1-35-21-9-8-19(24(12-21)36-2)15-33(14-18-5-3-6-20(11-18)27(28,29)30)16-25-32-23(17-38-25)26(34)31-13-22-7-4-10-37-22/h3,5-6,8-9,11-12,17,22H,4,7,10,13-16H2,1-2H3,(H,31,34). The first-order valence-corrected chi connectivity index (χ1v) is 12.2. The van der Waals surface area contributed by atoms with E-state index in [0.29, 0.717) is 36.8 Å². The van der Waals surface area contributed by atoms with Gasteiger partial charge >= 0.3 is 6.18 Å². The largest absolute Gasteiger partial charge is 0.497 e. The lowest BCUT2D eigenvalue weighted by atomic mass is 10.1. The quantitative estimate of drug-likeness (QED) is 0.378. The fourth-order valence-corrected chi connectivity index (χ4v) is 4.28. The maximum atomic E-state index is 13.3. The number of aromatic nitrogens is 1. The SMILES string of the molecule is COc1ccc(CN(Cc2cccc(C(F)(F)F)c2)Cc2nc(C(=O)NCC3CCCO3)co2)c(OC)c1. The zero-order valence-electron chi connectivity index (χ0n) is 21.2. The molecule has 0 radical (unpaired) electrons. The number of nitrogens with one attached hydrogen (secondary N) is 1. The second-order valence-corrected chi connectivity index (χ2v) is 8.99. The predicted molar refractivity (Wildman–Crippen MR) is 132 cm³/mol. The van der Waals surface area contributed by atoms with Gasteiger partial charge in [0, 0.05) is 37.9 Å². The van der Waals surface area contributed by atoms with Gasteiger partial charge in [0.1, 0.15) is 17.8 Å². The van der Waals surface area contributed by atoms with Gasteiger partial charge in [0.15, 0.2) is 5.69 Å². The summed E-state index contributed by atoms with van der Waals surface area (Å²) in [4.78, 5) is 18.7. The third kappa shape index (κ3) is 7.26. The lowest BCUT2D eigenvalue weighted by Crippen LogP contribution is -2.32. The number of rotatable bonds is 11. The van der Waals surface area contributed by atoms with E-state index < -0.39 is 11.7 Å². The van der Waals surface area contributed by atoms with Crippen LogP contribution in [0.2, 0.25) is 0 Å². The normalized spacial score (nSPS) is 15.6. The first kappa shape index (κ1) is 27.5. The minimum atomic E-state index is -4.45. The van der Waals surface area contributed by atoms with Gasteiger partial charge in [-0.3, -0.25) is 9.69 Å². The van der Waals surface area contributed by atoms with Crippen molar-refractivity contribution in [2.75, 3.05) is 27.4 Å². The van der Waals surface area contributed by atoms with Gasteiger partial charge in [0.05, 0.1) is 32.4 Å². The Morgan fingerprint density at radius 1 is 1.13 bits per heavy atom. The zero-order valence-corrected chi connectivity index (χ0v) is 21.2. The molecular formula is C27H30F3N3O5. The summed E-state index contributed by atoms with van der Waals surface area (Å²) in [6.07, 6.45) is -1.32. The average Bonchev–Trinajstić information content (AvgIpc) is 3.60. The maximum absolute atomic E-state index is 13.3. The molecule has 3 aromatic rings. The minimum Gasteiger partial charge on any atom is -0.497 e. The van der Waals surface area contributed by atoms with Crippen molar-refractivity contribution in [3.05, 3.63) is 77.0 Å². The van der Waals surface area contributed by atoms with Crippen LogP contribution >= 0.6 is 0 Å². The summed E-state index contributed by atoms with van der Waals surface area (Å²) in [5.41, 5.74) is 0.659. The number of amides is 1. The molecule has 1 amide bonds. The molecule has 1 saturated heterocycles. The number of methoxy groups -OCH3 is 2. The van der Waals surface area contributed by atoms with Crippen LogP contribution in [0.3, 0.4) is 0 Å². The number of halogens is 3. The van der Waals surface area contributed by atoms with E-state index in [0.717, 1.165) is 30.5 Å². The van der Waals surface area contributed by atoms with E-state index in [1.165, 1.54) is 19.4 Å². The number of hydrogen-bond acceptors (Lipinski definition) is 7. The van der Waals surface area contributed by atoms with Crippen molar-refractivity contribution in [1.29, 1.82) is 0 Å². The van der Waals surface area contributed by atoms with Crippen molar-refractivity contribution in [3.8, 4) is 11.5 Å². The smallest absolute Gasteiger partial charge is 0.416 e. The molecule has 204 valence electrons. The highest BCUT2D eigenvalue weighted by molar-refractivity contribution is 5.91. The van der Waals surface area contributed by atoms with Crippen molar-refractivity contribution in [1.82, 2.24) is 15.2 Å². The number of alkyl halides is 3. The van der Waals surface area contributed by atoms with Crippen LogP contribution in [-0.2, 0) is 30.5 Å². The van der Waals surface area contributed by atoms with Crippen molar-refractivity contribution in [3.63, 3.8) is 0 Å². The van der Waals surface area contributed by atoms with Crippen LogP contribution in [-0.4, -0.2) is 49.3 Å². The van der Waals surface area contributed by atoms with E-state index >= 15 is 0 Å². The number of oxazole rings is 1. The highest BCUT2D eigenvalue weighted by Gasteiger charge is 2.30. The van der Waals surface area contributed by atoms with Gasteiger partial charge in [-0.25, -0.2) is 4.98 Å². The molecule has 0 bridgehead atoms. The first-order chi connectivity index (χ1) is 18.2. The van der Waals surface area contributed by atoms with Crippen molar-refractivity contribution < 1.29 is 36.6 Å². The van der Waals surface area contributed by atoms with Gasteiger partial charge in [0.2, 0.25) is 5.89 Å². The number of carbonyl (C=O) groups excluding carboxylic acids is 1. The van der Waals surface area contributed by atoms with Crippen LogP contribution in [0.1, 0.15) is 45.9 Å². The summed E-state index contributed by atoms with van der Waals surface area (Å²) in [5, 5.41) is 2.80. The Labute approximate surface area is 218 Å². The first-order valence-electron chi connectivity index (χ1n) is 12.2. The van der Waals surface area contributed by atoms with Gasteiger partial charge in [-0.2, -0.15) is 13.2 Å². The van der Waals surface area contributed by atoms with Gasteiger partial charge in [-0.1, -0.05) is 24.3 Å². The molecule has 1 aromatic heterocycles. The number of hydrogen-bond donors (Lipinski definition) is 1. The third-order valence-electron chi connectivity index (χ3n) is 6.21. The third-order valence-corrected chi connectivity index (χ3v) is 6.21. The van der Waals surface area contributed by atoms with Gasteiger partial charge in [-0.05, 0) is 30.5 Å². The van der Waals surface area contributed by atoms with Crippen molar-refractivity contribution >= 4 is 5.91 Å². The fourth-order valence-electron chi connectivity index (χ4n) is 4.28. The topological polar surface area (TPSA) is 86.1 Å². The second-order valence-electron chi connectivity index (χ2n) is 8.99. The Morgan fingerprint density at radius 2 is 1.97 bits per heavy atom. The summed E-state index contributed by atoms with van der Waals surface area (Å²) in [7, 11) is 3.08. The van der Waals surface area contributed by atoms with Crippen molar-refractivity contribution in [2.24, 2.45) is 0 Å². The molecule has 1 atom stereocenters. The van der Waals surface area contributed by atoms with Crippen LogP contribution < -0.4 is 14.8 Å². The van der Waals surface area contributed by atoms with Crippen molar-refractivity contribution in [2.45, 2.75) is 44.8 Å². The lowest BCUT2D eigenvalue weighted by molar-refractivity contribution is -0.137. The molecule has 0 spiro atoms. The molecule has 1 aliphatic heterocycles. The van der Waals surface area contributed by atoms with Crippen LogP contribution in [0.25, 0.3) is 0 Å². The van der Waals surface area contributed by atoms with E-state index in [9.17, 15) is 18.0 Å². The van der Waals surface area contributed by atoms with Gasteiger partial charge < -0.3 is 23.9 Å². The number of nitrogens with zero attached hydrogens (tertiary/aromatic N) is 2. The zero-order chi connectivity index (χ0) is 27.1. The van der Waals surface area contributed by atoms with E-state index in [2.05, 4.69) is 10.3 Å². The maximum Gasteiger partial charge on any atom is 0.416 e. The number of ether oxygens (including phenoxy) is 3. The van der Waals surface area contributed by atoms with Crippen LogP contribution in [0, 0.1) is 0 Å².